The molecule has 0 radical (unpaired) electrons. The summed E-state index contributed by atoms with van der Waals surface area (Å²) in [7, 11) is 0. The highest BCUT2D eigenvalue weighted by Gasteiger charge is 2.27. The molecule has 0 spiro atoms. The number of nitro benzene ring substituents is 1. The lowest BCUT2D eigenvalue weighted by molar-refractivity contribution is -0.390. The number of nitrogens with zero attached hydrogens (tertiary/aromatic N) is 1. The molecule has 110 valence electrons. The van der Waals surface area contributed by atoms with Gasteiger partial charge >= 0.3 is 5.69 Å². The van der Waals surface area contributed by atoms with Crippen molar-refractivity contribution in [1.82, 2.24) is 0 Å². The molecule has 3 nitrogen and oxygen atoms in total. The fourth-order valence-electron chi connectivity index (χ4n) is 3.19. The zero-order valence-electron chi connectivity index (χ0n) is 11.6. The lowest BCUT2D eigenvalue weighted by Gasteiger charge is -2.28. The van der Waals surface area contributed by atoms with Gasteiger partial charge in [0.1, 0.15) is 0 Å². The van der Waals surface area contributed by atoms with Gasteiger partial charge < -0.3 is 0 Å². The van der Waals surface area contributed by atoms with Crippen LogP contribution in [-0.2, 0) is 0 Å². The topological polar surface area (TPSA) is 43.1 Å². The molecule has 1 aromatic carbocycles. The minimum absolute atomic E-state index is 0.118. The van der Waals surface area contributed by atoms with Gasteiger partial charge in [0.15, 0.2) is 0 Å². The fraction of sp³-hybridized carbons (Fsp3) is 0.600. The molecule has 0 aliphatic heterocycles. The van der Waals surface area contributed by atoms with Crippen molar-refractivity contribution >= 4 is 5.69 Å². The second-order valence-electron chi connectivity index (χ2n) is 5.60. The first kappa shape index (κ1) is 14.9. The Morgan fingerprint density at radius 1 is 1.20 bits per heavy atom. The van der Waals surface area contributed by atoms with Crippen molar-refractivity contribution in [3.63, 3.8) is 0 Å². The van der Waals surface area contributed by atoms with E-state index in [1.165, 1.54) is 6.42 Å². The van der Waals surface area contributed by atoms with Crippen LogP contribution in [0.2, 0.25) is 0 Å². The SMILES string of the molecule is CCC[C@H]1CC[C@H](c2cc(F)c([N+](=O)[O-])c(F)c2)CC1. The Morgan fingerprint density at radius 2 is 1.75 bits per heavy atom. The van der Waals surface area contributed by atoms with E-state index in [4.69, 9.17) is 0 Å². The molecule has 0 saturated heterocycles. The maximum atomic E-state index is 13.6. The van der Waals surface area contributed by atoms with Gasteiger partial charge in [-0.15, -0.1) is 0 Å². The number of rotatable bonds is 4. The average molecular weight is 283 g/mol. The normalized spacial score (nSPS) is 22.8. The smallest absolute Gasteiger partial charge is 0.258 e. The maximum absolute atomic E-state index is 13.6. The van der Waals surface area contributed by atoms with E-state index in [9.17, 15) is 18.9 Å². The van der Waals surface area contributed by atoms with Gasteiger partial charge in [-0.1, -0.05) is 19.8 Å². The summed E-state index contributed by atoms with van der Waals surface area (Å²) >= 11 is 0. The van der Waals surface area contributed by atoms with Crippen LogP contribution in [0.5, 0.6) is 0 Å². The van der Waals surface area contributed by atoms with Crippen molar-refractivity contribution in [2.45, 2.75) is 51.4 Å². The second-order valence-corrected chi connectivity index (χ2v) is 5.60. The van der Waals surface area contributed by atoms with Gasteiger partial charge in [0.25, 0.3) is 0 Å². The largest absolute Gasteiger partial charge is 0.340 e. The molecule has 1 aliphatic carbocycles. The van der Waals surface area contributed by atoms with Crippen molar-refractivity contribution in [1.29, 1.82) is 0 Å². The van der Waals surface area contributed by atoms with Gasteiger partial charge in [0.2, 0.25) is 11.6 Å². The van der Waals surface area contributed by atoms with Gasteiger partial charge in [-0.2, -0.15) is 8.78 Å². The van der Waals surface area contributed by atoms with Gasteiger partial charge in [0, 0.05) is 0 Å². The van der Waals surface area contributed by atoms with Crippen LogP contribution in [-0.4, -0.2) is 4.92 Å². The number of halogens is 2. The molecule has 2 rings (SSSR count). The molecular formula is C15H19F2NO2. The van der Waals surface area contributed by atoms with Crippen LogP contribution in [0.1, 0.15) is 56.9 Å². The molecule has 1 fully saturated rings. The molecule has 0 amide bonds. The highest BCUT2D eigenvalue weighted by Crippen LogP contribution is 2.39. The van der Waals surface area contributed by atoms with Crippen LogP contribution in [0.3, 0.4) is 0 Å². The minimum atomic E-state index is -1.07. The van der Waals surface area contributed by atoms with E-state index in [1.807, 2.05) is 0 Å². The van der Waals surface area contributed by atoms with E-state index in [1.54, 1.807) is 0 Å². The molecule has 0 aromatic heterocycles. The fourth-order valence-corrected chi connectivity index (χ4v) is 3.19. The molecular weight excluding hydrogens is 264 g/mol. The van der Waals surface area contributed by atoms with Crippen molar-refractivity contribution in [3.8, 4) is 0 Å². The van der Waals surface area contributed by atoms with Crippen LogP contribution in [0.15, 0.2) is 12.1 Å². The third-order valence-electron chi connectivity index (χ3n) is 4.24. The van der Waals surface area contributed by atoms with Crippen LogP contribution in [0, 0.1) is 27.7 Å². The van der Waals surface area contributed by atoms with Crippen LogP contribution in [0.25, 0.3) is 0 Å². The van der Waals surface area contributed by atoms with E-state index >= 15 is 0 Å². The van der Waals surface area contributed by atoms with E-state index in [0.717, 1.165) is 44.2 Å². The number of hydrogen-bond donors (Lipinski definition) is 0. The monoisotopic (exact) mass is 283 g/mol. The summed E-state index contributed by atoms with van der Waals surface area (Å²) in [4.78, 5) is 9.56. The summed E-state index contributed by atoms with van der Waals surface area (Å²) in [6, 6.07) is 2.26. The molecule has 20 heavy (non-hydrogen) atoms. The van der Waals surface area contributed by atoms with E-state index < -0.39 is 22.2 Å². The zero-order valence-corrected chi connectivity index (χ0v) is 11.6. The van der Waals surface area contributed by atoms with Crippen molar-refractivity contribution < 1.29 is 13.7 Å². The Labute approximate surface area is 117 Å². The Morgan fingerprint density at radius 3 is 2.20 bits per heavy atom. The zero-order chi connectivity index (χ0) is 14.7. The Kier molecular flexibility index (Phi) is 4.68. The Balaban J connectivity index is 2.13. The molecule has 1 aromatic rings. The molecule has 0 bridgehead atoms. The summed E-state index contributed by atoms with van der Waals surface area (Å²) in [5, 5.41) is 10.6. The lowest BCUT2D eigenvalue weighted by atomic mass is 9.77. The molecule has 1 saturated carbocycles. The summed E-state index contributed by atoms with van der Waals surface area (Å²) in [6.07, 6.45) is 6.31. The van der Waals surface area contributed by atoms with Crippen LogP contribution >= 0.6 is 0 Å². The van der Waals surface area contributed by atoms with E-state index in [0.29, 0.717) is 11.5 Å². The number of benzene rings is 1. The number of nitro groups is 1. The molecule has 0 atom stereocenters. The summed E-state index contributed by atoms with van der Waals surface area (Å²) in [5.74, 6) is -1.31. The second kappa shape index (κ2) is 6.29. The van der Waals surface area contributed by atoms with E-state index in [-0.39, 0.29) is 5.92 Å². The first-order valence-corrected chi connectivity index (χ1v) is 7.16. The first-order valence-electron chi connectivity index (χ1n) is 7.16. The predicted octanol–water partition coefficient (Wildman–Crippen LogP) is 4.95. The van der Waals surface area contributed by atoms with Crippen LogP contribution in [0.4, 0.5) is 14.5 Å². The molecule has 0 unspecified atom stereocenters. The standard InChI is InChI=1S/C15H19F2NO2/c1-2-3-10-4-6-11(7-5-10)12-8-13(16)15(18(19)20)14(17)9-12/h8-11H,2-7H2,1H3/t10-,11-. The van der Waals surface area contributed by atoms with E-state index in [2.05, 4.69) is 6.92 Å². The van der Waals surface area contributed by atoms with Gasteiger partial charge in [-0.05, 0) is 55.2 Å². The first-order chi connectivity index (χ1) is 9.52. The predicted molar refractivity (Wildman–Crippen MR) is 72.6 cm³/mol. The Bertz CT molecular complexity index is 474. The van der Waals surface area contributed by atoms with Gasteiger partial charge in [-0.25, -0.2) is 0 Å². The molecule has 5 heteroatoms. The third kappa shape index (κ3) is 3.14. The lowest BCUT2D eigenvalue weighted by Crippen LogP contribution is -2.14. The highest BCUT2D eigenvalue weighted by atomic mass is 19.1. The van der Waals surface area contributed by atoms with Crippen LogP contribution < -0.4 is 0 Å². The summed E-state index contributed by atoms with van der Waals surface area (Å²) in [6.45, 7) is 2.16. The third-order valence-corrected chi connectivity index (χ3v) is 4.24. The molecule has 0 heterocycles. The average Bonchev–Trinajstić information content (AvgIpc) is 2.38. The van der Waals surface area contributed by atoms with Gasteiger partial charge in [-0.3, -0.25) is 10.1 Å². The summed E-state index contributed by atoms with van der Waals surface area (Å²) in [5.41, 5.74) is -0.492. The quantitative estimate of drug-likeness (QED) is 0.579. The number of hydrogen-bond acceptors (Lipinski definition) is 2. The summed E-state index contributed by atoms with van der Waals surface area (Å²) < 4.78 is 27.3. The Hall–Kier alpha value is -1.52. The molecule has 1 aliphatic rings. The van der Waals surface area contributed by atoms with Gasteiger partial charge in [0.05, 0.1) is 4.92 Å². The molecule has 0 N–H and O–H groups in total. The minimum Gasteiger partial charge on any atom is -0.258 e. The van der Waals surface area contributed by atoms with Crippen molar-refractivity contribution in [3.05, 3.63) is 39.4 Å². The highest BCUT2D eigenvalue weighted by molar-refractivity contribution is 5.38. The van der Waals surface area contributed by atoms with Crippen molar-refractivity contribution in [2.75, 3.05) is 0 Å². The maximum Gasteiger partial charge on any atom is 0.340 e. The van der Waals surface area contributed by atoms with Crippen molar-refractivity contribution in [2.24, 2.45) is 5.92 Å².